The molecule has 0 heterocycles. The van der Waals surface area contributed by atoms with Crippen LogP contribution in [0.15, 0.2) is 0 Å². The molecule has 1 saturated carbocycles. The smallest absolute Gasteiger partial charge is 0.224 e. The molecule has 0 spiro atoms. The average Bonchev–Trinajstić information content (AvgIpc) is 2.55. The van der Waals surface area contributed by atoms with Gasteiger partial charge in [0.05, 0.1) is 0 Å². The summed E-state index contributed by atoms with van der Waals surface area (Å²) in [6, 6.07) is 0.120. The molecule has 0 aromatic carbocycles. The maximum atomic E-state index is 12.2. The first-order valence-corrected chi connectivity index (χ1v) is 6.65. The lowest BCUT2D eigenvalue weighted by Gasteiger charge is -2.19. The minimum absolute atomic E-state index is 0.105. The van der Waals surface area contributed by atoms with E-state index >= 15 is 0 Å². The van der Waals surface area contributed by atoms with Crippen LogP contribution in [0.25, 0.3) is 0 Å². The summed E-state index contributed by atoms with van der Waals surface area (Å²) in [5, 5.41) is 3.11. The van der Waals surface area contributed by atoms with Crippen LogP contribution in [0.4, 0.5) is 0 Å². The highest BCUT2D eigenvalue weighted by Gasteiger charge is 2.68. The van der Waals surface area contributed by atoms with E-state index in [0.717, 1.165) is 6.42 Å². The second-order valence-corrected chi connectivity index (χ2v) is 6.95. The molecule has 0 aromatic heterocycles. The van der Waals surface area contributed by atoms with E-state index in [0.29, 0.717) is 12.5 Å². The molecule has 3 heteroatoms. The molecule has 1 amide bonds. The number of amides is 1. The highest BCUT2D eigenvalue weighted by atomic mass is 16.2. The van der Waals surface area contributed by atoms with Crippen molar-refractivity contribution in [2.75, 3.05) is 6.54 Å². The highest BCUT2D eigenvalue weighted by Crippen LogP contribution is 2.68. The zero-order valence-electron chi connectivity index (χ0n) is 12.1. The molecule has 3 nitrogen and oxygen atoms in total. The van der Waals surface area contributed by atoms with Crippen LogP contribution in [0.3, 0.4) is 0 Å². The van der Waals surface area contributed by atoms with Gasteiger partial charge < -0.3 is 11.1 Å². The molecule has 1 fully saturated rings. The number of rotatable bonds is 5. The van der Waals surface area contributed by atoms with E-state index in [-0.39, 0.29) is 28.7 Å². The fraction of sp³-hybridized carbons (Fsp3) is 0.929. The van der Waals surface area contributed by atoms with Gasteiger partial charge in [0.15, 0.2) is 0 Å². The number of carbonyl (C=O) groups is 1. The summed E-state index contributed by atoms with van der Waals surface area (Å²) in [5.74, 6) is 0.858. The molecule has 1 atom stereocenters. The standard InChI is InChI=1S/C14H28N2O/c1-9(2)7-10(8-15)16-12(17)11-13(3,4)14(11,5)6/h9-11H,7-8,15H2,1-6H3,(H,16,17). The summed E-state index contributed by atoms with van der Waals surface area (Å²) < 4.78 is 0. The molecule has 3 N–H and O–H groups in total. The van der Waals surface area contributed by atoms with Gasteiger partial charge in [0, 0.05) is 18.5 Å². The molecule has 0 aromatic rings. The van der Waals surface area contributed by atoms with Crippen molar-refractivity contribution in [2.45, 2.75) is 54.0 Å². The third-order valence-electron chi connectivity index (χ3n) is 4.67. The highest BCUT2D eigenvalue weighted by molar-refractivity contribution is 5.84. The van der Waals surface area contributed by atoms with Crippen LogP contribution in [0.5, 0.6) is 0 Å². The zero-order chi connectivity index (χ0) is 13.4. The van der Waals surface area contributed by atoms with Crippen molar-refractivity contribution in [1.29, 1.82) is 0 Å². The number of nitrogens with two attached hydrogens (primary N) is 1. The van der Waals surface area contributed by atoms with Crippen molar-refractivity contribution >= 4 is 5.91 Å². The van der Waals surface area contributed by atoms with Crippen molar-refractivity contribution in [3.63, 3.8) is 0 Å². The van der Waals surface area contributed by atoms with E-state index in [4.69, 9.17) is 5.73 Å². The molecule has 0 aliphatic heterocycles. The van der Waals surface area contributed by atoms with Gasteiger partial charge in [-0.15, -0.1) is 0 Å². The Morgan fingerprint density at radius 3 is 2.00 bits per heavy atom. The maximum Gasteiger partial charge on any atom is 0.224 e. The van der Waals surface area contributed by atoms with Crippen molar-refractivity contribution in [2.24, 2.45) is 28.4 Å². The Hall–Kier alpha value is -0.570. The summed E-state index contributed by atoms with van der Waals surface area (Å²) in [7, 11) is 0. The third-order valence-corrected chi connectivity index (χ3v) is 4.67. The SMILES string of the molecule is CC(C)CC(CN)NC(=O)C1C(C)(C)C1(C)C. The van der Waals surface area contributed by atoms with Crippen LogP contribution in [0.1, 0.15) is 48.0 Å². The molecule has 0 radical (unpaired) electrons. The molecular formula is C14H28N2O. The second kappa shape index (κ2) is 4.60. The normalized spacial score (nSPS) is 23.5. The van der Waals surface area contributed by atoms with E-state index in [1.807, 2.05) is 0 Å². The van der Waals surface area contributed by atoms with Gasteiger partial charge in [0.2, 0.25) is 5.91 Å². The summed E-state index contributed by atoms with van der Waals surface area (Å²) in [6.07, 6.45) is 0.954. The van der Waals surface area contributed by atoms with E-state index in [9.17, 15) is 4.79 Å². The number of nitrogens with one attached hydrogen (secondary N) is 1. The van der Waals surface area contributed by atoms with Crippen LogP contribution in [-0.2, 0) is 4.79 Å². The first-order valence-electron chi connectivity index (χ1n) is 6.65. The van der Waals surface area contributed by atoms with Crippen molar-refractivity contribution in [3.05, 3.63) is 0 Å². The van der Waals surface area contributed by atoms with Gasteiger partial charge in [-0.3, -0.25) is 4.79 Å². The van der Waals surface area contributed by atoms with Gasteiger partial charge in [-0.1, -0.05) is 41.5 Å². The van der Waals surface area contributed by atoms with E-state index < -0.39 is 0 Å². The fourth-order valence-electron chi connectivity index (χ4n) is 2.92. The Kier molecular flexibility index (Phi) is 3.92. The van der Waals surface area contributed by atoms with E-state index in [1.165, 1.54) is 0 Å². The molecule has 100 valence electrons. The van der Waals surface area contributed by atoms with Gasteiger partial charge in [-0.2, -0.15) is 0 Å². The first kappa shape index (κ1) is 14.5. The van der Waals surface area contributed by atoms with Crippen LogP contribution < -0.4 is 11.1 Å². The molecule has 1 aliphatic rings. The monoisotopic (exact) mass is 240 g/mol. The Morgan fingerprint density at radius 1 is 1.24 bits per heavy atom. The lowest BCUT2D eigenvalue weighted by Crippen LogP contribution is -2.42. The average molecular weight is 240 g/mol. The van der Waals surface area contributed by atoms with E-state index in [2.05, 4.69) is 46.9 Å². The van der Waals surface area contributed by atoms with Crippen LogP contribution in [-0.4, -0.2) is 18.5 Å². The topological polar surface area (TPSA) is 55.1 Å². The third kappa shape index (κ3) is 2.65. The molecule has 1 rings (SSSR count). The molecule has 0 bridgehead atoms. The minimum Gasteiger partial charge on any atom is -0.352 e. The van der Waals surface area contributed by atoms with Crippen molar-refractivity contribution < 1.29 is 4.79 Å². The largest absolute Gasteiger partial charge is 0.352 e. The summed E-state index contributed by atoms with van der Waals surface area (Å²) >= 11 is 0. The molecule has 0 saturated heterocycles. The molecule has 1 unspecified atom stereocenters. The lowest BCUT2D eigenvalue weighted by molar-refractivity contribution is -0.124. The first-order chi connectivity index (χ1) is 7.64. The lowest BCUT2D eigenvalue weighted by atomic mass is 10.0. The molecule has 17 heavy (non-hydrogen) atoms. The second-order valence-electron chi connectivity index (χ2n) is 6.95. The number of hydrogen-bond donors (Lipinski definition) is 2. The van der Waals surface area contributed by atoms with E-state index in [1.54, 1.807) is 0 Å². The van der Waals surface area contributed by atoms with Gasteiger partial charge >= 0.3 is 0 Å². The number of carbonyl (C=O) groups excluding carboxylic acids is 1. The Balaban J connectivity index is 2.56. The van der Waals surface area contributed by atoms with Crippen molar-refractivity contribution in [3.8, 4) is 0 Å². The molecule has 1 aliphatic carbocycles. The van der Waals surface area contributed by atoms with Gasteiger partial charge in [0.25, 0.3) is 0 Å². The van der Waals surface area contributed by atoms with Crippen LogP contribution in [0.2, 0.25) is 0 Å². The predicted molar refractivity (Wildman–Crippen MR) is 71.5 cm³/mol. The number of hydrogen-bond acceptors (Lipinski definition) is 2. The van der Waals surface area contributed by atoms with Gasteiger partial charge in [-0.25, -0.2) is 0 Å². The zero-order valence-corrected chi connectivity index (χ0v) is 12.1. The van der Waals surface area contributed by atoms with Gasteiger partial charge in [-0.05, 0) is 23.2 Å². The Labute approximate surface area is 106 Å². The molecular weight excluding hydrogens is 212 g/mol. The fourth-order valence-corrected chi connectivity index (χ4v) is 2.92. The predicted octanol–water partition coefficient (Wildman–Crippen LogP) is 2.16. The van der Waals surface area contributed by atoms with Crippen LogP contribution in [0, 0.1) is 22.7 Å². The summed E-state index contributed by atoms with van der Waals surface area (Å²) in [4.78, 5) is 12.2. The van der Waals surface area contributed by atoms with Crippen LogP contribution >= 0.6 is 0 Å². The van der Waals surface area contributed by atoms with Gasteiger partial charge in [0.1, 0.15) is 0 Å². The Morgan fingerprint density at radius 2 is 1.71 bits per heavy atom. The summed E-state index contributed by atoms with van der Waals surface area (Å²) in [5.41, 5.74) is 5.92. The van der Waals surface area contributed by atoms with Crippen molar-refractivity contribution in [1.82, 2.24) is 5.32 Å². The quantitative estimate of drug-likeness (QED) is 0.773. The Bertz CT molecular complexity index is 281. The summed E-state index contributed by atoms with van der Waals surface area (Å²) in [6.45, 7) is 13.5. The minimum atomic E-state index is 0.105. The maximum absolute atomic E-state index is 12.2.